The van der Waals surface area contributed by atoms with Gasteiger partial charge in [0.15, 0.2) is 6.29 Å². The second kappa shape index (κ2) is 7.03. The fourth-order valence-corrected chi connectivity index (χ4v) is 2.69. The predicted octanol–water partition coefficient (Wildman–Crippen LogP) is 4.54. The molecule has 2 heterocycles. The van der Waals surface area contributed by atoms with Crippen LogP contribution in [0.3, 0.4) is 0 Å². The van der Waals surface area contributed by atoms with Crippen molar-refractivity contribution in [2.75, 3.05) is 0 Å². The topological polar surface area (TPSA) is 57.0 Å². The quantitative estimate of drug-likeness (QED) is 0.500. The van der Waals surface area contributed by atoms with Crippen molar-refractivity contribution in [2.45, 2.75) is 0 Å². The molecule has 26 heavy (non-hydrogen) atoms. The van der Waals surface area contributed by atoms with Gasteiger partial charge in [0.1, 0.15) is 17.0 Å². The van der Waals surface area contributed by atoms with Gasteiger partial charge in [-0.05, 0) is 24.3 Å². The zero-order chi connectivity index (χ0) is 17.8. The Hall–Kier alpha value is -3.73. The maximum absolute atomic E-state index is 11.9. The fourth-order valence-electron chi connectivity index (χ4n) is 2.69. The average molecular weight is 341 g/mol. The highest BCUT2D eigenvalue weighted by Crippen LogP contribution is 2.34. The summed E-state index contributed by atoms with van der Waals surface area (Å²) < 4.78 is 7.63. The molecule has 0 N–H and O–H groups in total. The molecule has 126 valence electrons. The lowest BCUT2D eigenvalue weighted by Gasteiger charge is -2.09. The summed E-state index contributed by atoms with van der Waals surface area (Å²) in [5.41, 5.74) is 2.62. The fraction of sp³-hybridized carbons (Fsp3) is 0. The summed E-state index contributed by atoms with van der Waals surface area (Å²) in [5.74, 6) is 0.894. The van der Waals surface area contributed by atoms with Gasteiger partial charge in [-0.1, -0.05) is 48.5 Å². The largest absolute Gasteiger partial charge is 0.436 e. The van der Waals surface area contributed by atoms with Crippen LogP contribution in [0.15, 0.2) is 85.2 Å². The molecule has 0 aliphatic rings. The van der Waals surface area contributed by atoms with Gasteiger partial charge in [-0.2, -0.15) is 9.78 Å². The van der Waals surface area contributed by atoms with E-state index < -0.39 is 0 Å². The van der Waals surface area contributed by atoms with Crippen LogP contribution < -0.4 is 4.74 Å². The van der Waals surface area contributed by atoms with Crippen LogP contribution >= 0.6 is 0 Å². The van der Waals surface area contributed by atoms with E-state index in [4.69, 9.17) is 4.74 Å². The van der Waals surface area contributed by atoms with Gasteiger partial charge >= 0.3 is 0 Å². The standard InChI is InChI=1S/C21H15N3O2/c25-15-19-20(16-8-3-1-4-9-16)23-24(17-10-5-2-6-11-17)21(19)26-18-12-7-13-22-14-18/h1-15H. The Labute approximate surface area is 150 Å². The molecule has 4 aromatic rings. The third kappa shape index (κ3) is 2.98. The summed E-state index contributed by atoms with van der Waals surface area (Å²) in [5, 5.41) is 4.66. The van der Waals surface area contributed by atoms with E-state index in [1.807, 2.05) is 60.7 Å². The molecule has 2 aromatic carbocycles. The highest BCUT2D eigenvalue weighted by molar-refractivity contribution is 5.89. The second-order valence-electron chi connectivity index (χ2n) is 5.59. The van der Waals surface area contributed by atoms with Gasteiger partial charge in [-0.15, -0.1) is 0 Å². The molecule has 0 saturated heterocycles. The Morgan fingerprint density at radius 3 is 2.27 bits per heavy atom. The van der Waals surface area contributed by atoms with Gasteiger partial charge in [0.25, 0.3) is 0 Å². The molecule has 5 nitrogen and oxygen atoms in total. The number of hydrogen-bond acceptors (Lipinski definition) is 4. The molecule has 0 amide bonds. The summed E-state index contributed by atoms with van der Waals surface area (Å²) in [6, 6.07) is 22.7. The number of aromatic nitrogens is 3. The smallest absolute Gasteiger partial charge is 0.233 e. The first-order valence-electron chi connectivity index (χ1n) is 8.14. The molecule has 0 saturated carbocycles. The number of pyridine rings is 1. The van der Waals surface area contributed by atoms with Crippen LogP contribution in [-0.2, 0) is 0 Å². The van der Waals surface area contributed by atoms with Crippen LogP contribution in [0.25, 0.3) is 16.9 Å². The van der Waals surface area contributed by atoms with E-state index in [0.717, 1.165) is 17.5 Å². The van der Waals surface area contributed by atoms with E-state index in [1.165, 1.54) is 0 Å². The molecular formula is C21H15N3O2. The van der Waals surface area contributed by atoms with Crippen molar-refractivity contribution in [2.24, 2.45) is 0 Å². The Balaban J connectivity index is 1.92. The number of ether oxygens (including phenoxy) is 1. The van der Waals surface area contributed by atoms with Gasteiger partial charge in [0.2, 0.25) is 5.88 Å². The molecule has 0 bridgehead atoms. The zero-order valence-electron chi connectivity index (χ0n) is 13.8. The normalized spacial score (nSPS) is 10.5. The number of nitrogens with zero attached hydrogens (tertiary/aromatic N) is 3. The first kappa shape index (κ1) is 15.8. The third-order valence-electron chi connectivity index (χ3n) is 3.89. The van der Waals surface area contributed by atoms with Crippen molar-refractivity contribution in [1.29, 1.82) is 0 Å². The van der Waals surface area contributed by atoms with Gasteiger partial charge < -0.3 is 4.74 Å². The van der Waals surface area contributed by atoms with Crippen LogP contribution in [-0.4, -0.2) is 21.1 Å². The molecule has 5 heteroatoms. The monoisotopic (exact) mass is 341 g/mol. The minimum absolute atomic E-state index is 0.359. The van der Waals surface area contributed by atoms with E-state index in [2.05, 4.69) is 10.1 Å². The highest BCUT2D eigenvalue weighted by atomic mass is 16.5. The van der Waals surface area contributed by atoms with Gasteiger partial charge in [-0.3, -0.25) is 9.78 Å². The first-order valence-corrected chi connectivity index (χ1v) is 8.14. The van der Waals surface area contributed by atoms with E-state index >= 15 is 0 Å². The number of rotatable bonds is 5. The molecule has 4 rings (SSSR count). The lowest BCUT2D eigenvalue weighted by molar-refractivity contribution is 0.112. The van der Waals surface area contributed by atoms with Crippen molar-refractivity contribution in [3.8, 4) is 28.6 Å². The molecule has 0 spiro atoms. The van der Waals surface area contributed by atoms with Gasteiger partial charge in [0, 0.05) is 11.8 Å². The summed E-state index contributed by atoms with van der Waals surface area (Å²) >= 11 is 0. The van der Waals surface area contributed by atoms with Crippen LogP contribution in [0, 0.1) is 0 Å². The van der Waals surface area contributed by atoms with Crippen LogP contribution in [0.4, 0.5) is 0 Å². The van der Waals surface area contributed by atoms with Crippen molar-refractivity contribution >= 4 is 6.29 Å². The second-order valence-corrected chi connectivity index (χ2v) is 5.59. The Morgan fingerprint density at radius 2 is 1.62 bits per heavy atom. The van der Waals surface area contributed by atoms with Crippen LogP contribution in [0.5, 0.6) is 11.6 Å². The molecule has 0 aliphatic carbocycles. The molecule has 0 radical (unpaired) electrons. The number of carbonyl (C=O) groups is 1. The van der Waals surface area contributed by atoms with Crippen molar-refractivity contribution in [3.05, 3.63) is 90.8 Å². The SMILES string of the molecule is O=Cc1c(-c2ccccc2)nn(-c2ccccc2)c1Oc1cccnc1. The minimum atomic E-state index is 0.359. The predicted molar refractivity (Wildman–Crippen MR) is 98.7 cm³/mol. The molecule has 0 atom stereocenters. The lowest BCUT2D eigenvalue weighted by Crippen LogP contribution is -2.00. The average Bonchev–Trinajstić information content (AvgIpc) is 3.08. The minimum Gasteiger partial charge on any atom is -0.436 e. The van der Waals surface area contributed by atoms with Crippen LogP contribution in [0.2, 0.25) is 0 Å². The van der Waals surface area contributed by atoms with E-state index in [0.29, 0.717) is 22.9 Å². The molecule has 0 unspecified atom stereocenters. The van der Waals surface area contributed by atoms with Gasteiger partial charge in [0.05, 0.1) is 11.9 Å². The number of para-hydroxylation sites is 1. The molecule has 2 aromatic heterocycles. The number of aldehydes is 1. The Kier molecular flexibility index (Phi) is 4.26. The molecule has 0 aliphatic heterocycles. The summed E-state index contributed by atoms with van der Waals surface area (Å²) in [7, 11) is 0. The van der Waals surface area contributed by atoms with Crippen molar-refractivity contribution in [1.82, 2.24) is 14.8 Å². The lowest BCUT2D eigenvalue weighted by atomic mass is 10.1. The van der Waals surface area contributed by atoms with E-state index in [9.17, 15) is 4.79 Å². The number of benzene rings is 2. The zero-order valence-corrected chi connectivity index (χ0v) is 13.8. The summed E-state index contributed by atoms with van der Waals surface area (Å²) in [6.45, 7) is 0. The number of carbonyl (C=O) groups excluding carboxylic acids is 1. The van der Waals surface area contributed by atoms with Gasteiger partial charge in [-0.25, -0.2) is 0 Å². The summed E-state index contributed by atoms with van der Waals surface area (Å²) in [4.78, 5) is 16.0. The Bertz CT molecular complexity index is 1010. The maximum atomic E-state index is 11.9. The summed E-state index contributed by atoms with van der Waals surface area (Å²) in [6.07, 6.45) is 4.04. The molecular weight excluding hydrogens is 326 g/mol. The van der Waals surface area contributed by atoms with E-state index in [1.54, 1.807) is 29.2 Å². The third-order valence-corrected chi connectivity index (χ3v) is 3.89. The van der Waals surface area contributed by atoms with Crippen molar-refractivity contribution in [3.63, 3.8) is 0 Å². The van der Waals surface area contributed by atoms with E-state index in [-0.39, 0.29) is 0 Å². The Morgan fingerprint density at radius 1 is 0.885 bits per heavy atom. The van der Waals surface area contributed by atoms with Crippen LogP contribution in [0.1, 0.15) is 10.4 Å². The maximum Gasteiger partial charge on any atom is 0.233 e. The van der Waals surface area contributed by atoms with Crippen molar-refractivity contribution < 1.29 is 9.53 Å². The first-order chi connectivity index (χ1) is 12.9. The number of hydrogen-bond donors (Lipinski definition) is 0. The molecule has 0 fully saturated rings. The highest BCUT2D eigenvalue weighted by Gasteiger charge is 2.21.